The number of rotatable bonds is 3. The summed E-state index contributed by atoms with van der Waals surface area (Å²) in [5.74, 6) is -2.51. The molecule has 0 unspecified atom stereocenters. The molecule has 2 N–H and O–H groups in total. The molecule has 0 bridgehead atoms. The first kappa shape index (κ1) is 18.3. The molecule has 1 heterocycles. The number of aromatic hydroxyl groups is 1. The molecule has 1 aliphatic carbocycles. The van der Waals surface area contributed by atoms with Crippen LogP contribution in [0.5, 0.6) is 5.75 Å². The molecule has 3 rings (SSSR count). The van der Waals surface area contributed by atoms with Gasteiger partial charge in [-0.25, -0.2) is 4.79 Å². The van der Waals surface area contributed by atoms with Crippen LogP contribution < -0.4 is 0 Å². The predicted molar refractivity (Wildman–Crippen MR) is 86.4 cm³/mol. The fourth-order valence-corrected chi connectivity index (χ4v) is 4.23. The van der Waals surface area contributed by atoms with Crippen LogP contribution in [0.15, 0.2) is 18.2 Å². The van der Waals surface area contributed by atoms with Gasteiger partial charge in [0.15, 0.2) is 5.78 Å². The van der Waals surface area contributed by atoms with E-state index in [1.807, 2.05) is 0 Å². The summed E-state index contributed by atoms with van der Waals surface area (Å²) in [4.78, 5) is 37.5. The Balaban J connectivity index is 2.17. The van der Waals surface area contributed by atoms with Crippen molar-refractivity contribution < 1.29 is 38.8 Å². The lowest BCUT2D eigenvalue weighted by atomic mass is 9.66. The summed E-state index contributed by atoms with van der Waals surface area (Å²) >= 11 is 0. The van der Waals surface area contributed by atoms with Gasteiger partial charge in [0.2, 0.25) is 5.60 Å². The Morgan fingerprint density at radius 1 is 1.31 bits per heavy atom. The van der Waals surface area contributed by atoms with Crippen molar-refractivity contribution in [2.24, 2.45) is 5.41 Å². The van der Waals surface area contributed by atoms with Crippen LogP contribution in [0.3, 0.4) is 0 Å². The number of ether oxygens (including phenoxy) is 3. The lowest BCUT2D eigenvalue weighted by Crippen LogP contribution is -2.55. The van der Waals surface area contributed by atoms with E-state index in [2.05, 4.69) is 4.74 Å². The quantitative estimate of drug-likeness (QED) is 0.752. The summed E-state index contributed by atoms with van der Waals surface area (Å²) in [6.45, 7) is 1.55. The predicted octanol–water partition coefficient (Wildman–Crippen LogP) is 0.676. The fraction of sp³-hybridized carbons (Fsp3) is 0.500. The van der Waals surface area contributed by atoms with E-state index in [1.165, 1.54) is 25.3 Å². The van der Waals surface area contributed by atoms with Crippen molar-refractivity contribution in [1.29, 1.82) is 0 Å². The van der Waals surface area contributed by atoms with E-state index >= 15 is 0 Å². The van der Waals surface area contributed by atoms with Crippen LogP contribution in [0.25, 0.3) is 0 Å². The second-order valence-corrected chi connectivity index (χ2v) is 6.59. The summed E-state index contributed by atoms with van der Waals surface area (Å²) < 4.78 is 15.1. The van der Waals surface area contributed by atoms with Crippen molar-refractivity contribution >= 4 is 17.7 Å². The number of hydrogen-bond acceptors (Lipinski definition) is 8. The summed E-state index contributed by atoms with van der Waals surface area (Å²) in [6, 6.07) is 4.14. The van der Waals surface area contributed by atoms with E-state index < -0.39 is 40.9 Å². The first-order valence-electron chi connectivity index (χ1n) is 8.14. The zero-order chi connectivity index (χ0) is 19.3. The SMILES string of the molecule is COC(=O)C[C@H]1C[C@]2(C(=O)c3c(O)cccc3[C@]2(O)C(=O)OC)[C@@H](C)O1. The Hall–Kier alpha value is -2.45. The lowest BCUT2D eigenvalue weighted by Gasteiger charge is -2.37. The van der Waals surface area contributed by atoms with Crippen LogP contribution in [0, 0.1) is 5.41 Å². The maximum Gasteiger partial charge on any atom is 0.343 e. The molecule has 1 aromatic carbocycles. The number of carbonyl (C=O) groups is 3. The van der Waals surface area contributed by atoms with Crippen LogP contribution in [-0.4, -0.2) is 54.4 Å². The van der Waals surface area contributed by atoms with Gasteiger partial charge >= 0.3 is 11.9 Å². The Kier molecular flexibility index (Phi) is 4.28. The molecule has 140 valence electrons. The van der Waals surface area contributed by atoms with Crippen LogP contribution in [0.4, 0.5) is 0 Å². The number of aliphatic hydroxyl groups is 1. The topological polar surface area (TPSA) is 119 Å². The number of benzene rings is 1. The molecule has 1 saturated heterocycles. The van der Waals surface area contributed by atoms with E-state index in [1.54, 1.807) is 6.92 Å². The summed E-state index contributed by atoms with van der Waals surface area (Å²) in [6.07, 6.45) is -1.85. The highest BCUT2D eigenvalue weighted by atomic mass is 16.5. The summed E-state index contributed by atoms with van der Waals surface area (Å²) in [5.41, 5.74) is -4.20. The van der Waals surface area contributed by atoms with E-state index in [-0.39, 0.29) is 29.7 Å². The molecule has 1 aromatic rings. The number of esters is 2. The smallest absolute Gasteiger partial charge is 0.343 e. The lowest BCUT2D eigenvalue weighted by molar-refractivity contribution is -0.179. The van der Waals surface area contributed by atoms with Gasteiger partial charge in [-0.3, -0.25) is 9.59 Å². The van der Waals surface area contributed by atoms with Gasteiger partial charge in [0.1, 0.15) is 11.2 Å². The molecule has 0 radical (unpaired) electrons. The zero-order valence-electron chi connectivity index (χ0n) is 14.6. The Morgan fingerprint density at radius 3 is 2.62 bits per heavy atom. The number of carbonyl (C=O) groups excluding carboxylic acids is 3. The minimum Gasteiger partial charge on any atom is -0.507 e. The van der Waals surface area contributed by atoms with Crippen molar-refractivity contribution in [1.82, 2.24) is 0 Å². The highest BCUT2D eigenvalue weighted by molar-refractivity contribution is 6.13. The number of ketones is 1. The maximum absolute atomic E-state index is 13.3. The average Bonchev–Trinajstić information content (AvgIpc) is 3.05. The molecule has 1 fully saturated rings. The first-order valence-corrected chi connectivity index (χ1v) is 8.14. The molecule has 8 nitrogen and oxygen atoms in total. The molecule has 0 amide bonds. The van der Waals surface area contributed by atoms with Gasteiger partial charge in [-0.15, -0.1) is 0 Å². The average molecular weight is 364 g/mol. The normalized spacial score (nSPS) is 32.5. The molecule has 8 heteroatoms. The van der Waals surface area contributed by atoms with Crippen LogP contribution in [-0.2, 0) is 29.4 Å². The van der Waals surface area contributed by atoms with Crippen LogP contribution in [0.1, 0.15) is 35.7 Å². The first-order chi connectivity index (χ1) is 12.2. The summed E-state index contributed by atoms with van der Waals surface area (Å²) in [5, 5.41) is 21.6. The van der Waals surface area contributed by atoms with Crippen molar-refractivity contribution in [3.63, 3.8) is 0 Å². The minimum atomic E-state index is -2.34. The molecular formula is C18H20O8. The van der Waals surface area contributed by atoms with Crippen LogP contribution >= 0.6 is 0 Å². The van der Waals surface area contributed by atoms with Gasteiger partial charge in [-0.2, -0.15) is 0 Å². The molecule has 26 heavy (non-hydrogen) atoms. The van der Waals surface area contributed by atoms with Gasteiger partial charge in [-0.05, 0) is 19.4 Å². The van der Waals surface area contributed by atoms with Crippen molar-refractivity contribution in [3.8, 4) is 5.75 Å². The zero-order valence-corrected chi connectivity index (χ0v) is 14.6. The Labute approximate surface area is 149 Å². The molecule has 2 aliphatic rings. The monoisotopic (exact) mass is 364 g/mol. The van der Waals surface area contributed by atoms with Crippen molar-refractivity contribution in [3.05, 3.63) is 29.3 Å². The van der Waals surface area contributed by atoms with Crippen LogP contribution in [0.2, 0.25) is 0 Å². The Bertz CT molecular complexity index is 787. The van der Waals surface area contributed by atoms with Crippen molar-refractivity contribution in [2.45, 2.75) is 37.6 Å². The van der Waals surface area contributed by atoms with Gasteiger partial charge in [-0.1, -0.05) is 12.1 Å². The molecule has 1 spiro atoms. The molecule has 1 aliphatic heterocycles. The number of phenols is 1. The van der Waals surface area contributed by atoms with E-state index in [0.29, 0.717) is 0 Å². The molecule has 0 aromatic heterocycles. The number of methoxy groups -OCH3 is 2. The largest absolute Gasteiger partial charge is 0.507 e. The van der Waals surface area contributed by atoms with Gasteiger partial charge < -0.3 is 24.4 Å². The third-order valence-electron chi connectivity index (χ3n) is 5.45. The number of fused-ring (bicyclic) bond motifs is 1. The van der Waals surface area contributed by atoms with Gasteiger partial charge in [0, 0.05) is 5.56 Å². The second kappa shape index (κ2) is 6.07. The van der Waals surface area contributed by atoms with Crippen molar-refractivity contribution in [2.75, 3.05) is 14.2 Å². The third-order valence-corrected chi connectivity index (χ3v) is 5.45. The highest BCUT2D eigenvalue weighted by Crippen LogP contribution is 2.60. The fourth-order valence-electron chi connectivity index (χ4n) is 4.23. The molecular weight excluding hydrogens is 344 g/mol. The number of phenolic OH excluding ortho intramolecular Hbond substituents is 1. The maximum atomic E-state index is 13.3. The highest BCUT2D eigenvalue weighted by Gasteiger charge is 2.73. The standard InChI is InChI=1S/C18H20O8/c1-9-17(8-10(26-9)7-13(20)24-2)15(21)14-11(5-4-6-12(14)19)18(17,23)16(22)25-3/h4-6,9-10,19,23H,7-8H2,1-3H3/t9-,10+,17-,18+/m1/s1. The molecule has 4 atom stereocenters. The summed E-state index contributed by atoms with van der Waals surface area (Å²) in [7, 11) is 2.33. The van der Waals surface area contributed by atoms with E-state index in [4.69, 9.17) is 9.47 Å². The minimum absolute atomic E-state index is 0.0245. The molecule has 0 saturated carbocycles. The van der Waals surface area contributed by atoms with Gasteiger partial charge in [0.05, 0.1) is 38.4 Å². The van der Waals surface area contributed by atoms with E-state index in [0.717, 1.165) is 7.11 Å². The number of Topliss-reactive ketones (excluding diaryl/α,β-unsaturated/α-hetero) is 1. The Morgan fingerprint density at radius 2 is 2.00 bits per heavy atom. The van der Waals surface area contributed by atoms with E-state index in [9.17, 15) is 24.6 Å². The number of hydrogen-bond donors (Lipinski definition) is 2. The third kappa shape index (κ3) is 2.12. The second-order valence-electron chi connectivity index (χ2n) is 6.59. The van der Waals surface area contributed by atoms with Gasteiger partial charge in [0.25, 0.3) is 0 Å².